The zero-order valence-corrected chi connectivity index (χ0v) is 20.0. The molecule has 0 unspecified atom stereocenters. The van der Waals surface area contributed by atoms with E-state index in [1.165, 1.54) is 23.7 Å². The zero-order chi connectivity index (χ0) is 24.5. The summed E-state index contributed by atoms with van der Waals surface area (Å²) in [6.45, 7) is 4.88. The first-order valence-corrected chi connectivity index (χ1v) is 11.9. The Bertz CT molecular complexity index is 1400. The van der Waals surface area contributed by atoms with Gasteiger partial charge in [-0.1, -0.05) is 12.1 Å². The number of halogens is 2. The smallest absolute Gasteiger partial charge is 0.266 e. The minimum atomic E-state index is -0.828. The molecule has 0 radical (unpaired) electrons. The number of hydrogen-bond acceptors (Lipinski definition) is 7. The van der Waals surface area contributed by atoms with Gasteiger partial charge < -0.3 is 19.9 Å². The standard InChI is InChI=1S/C25H23F2N5O2S/c1-15-21-23(32-11-9-31(10-12-32)19-5-3-4-6-20(19)34-2)28-14-29-25(21)35-22(15)24(33)30-18-8-7-16(26)13-17(18)27/h3-8,13-14H,9-12H2,1-2H3,(H,30,33). The number of carbonyl (C=O) groups excluding carboxylic acids is 1. The molecule has 180 valence electrons. The van der Waals surface area contributed by atoms with Gasteiger partial charge in [-0.2, -0.15) is 0 Å². The fourth-order valence-electron chi connectivity index (χ4n) is 4.33. The lowest BCUT2D eigenvalue weighted by atomic mass is 10.1. The number of hydrogen-bond donors (Lipinski definition) is 1. The lowest BCUT2D eigenvalue weighted by Crippen LogP contribution is -2.47. The molecule has 0 aliphatic carbocycles. The maximum absolute atomic E-state index is 14.0. The van der Waals surface area contributed by atoms with Crippen LogP contribution in [-0.2, 0) is 0 Å². The molecular weight excluding hydrogens is 472 g/mol. The van der Waals surface area contributed by atoms with Crippen molar-refractivity contribution in [3.05, 3.63) is 70.9 Å². The highest BCUT2D eigenvalue weighted by molar-refractivity contribution is 7.20. The monoisotopic (exact) mass is 495 g/mol. The van der Waals surface area contributed by atoms with Gasteiger partial charge in [0.05, 0.1) is 28.7 Å². The molecule has 10 heteroatoms. The second-order valence-electron chi connectivity index (χ2n) is 8.16. The molecule has 2 aromatic heterocycles. The third-order valence-corrected chi connectivity index (χ3v) is 7.30. The van der Waals surface area contributed by atoms with E-state index in [-0.39, 0.29) is 5.69 Å². The van der Waals surface area contributed by atoms with Crippen LogP contribution in [0, 0.1) is 18.6 Å². The molecule has 1 fully saturated rings. The highest BCUT2D eigenvalue weighted by Gasteiger charge is 2.25. The summed E-state index contributed by atoms with van der Waals surface area (Å²) in [7, 11) is 1.67. The number of para-hydroxylation sites is 2. The molecule has 1 amide bonds. The molecule has 7 nitrogen and oxygen atoms in total. The van der Waals surface area contributed by atoms with Crippen molar-refractivity contribution in [1.82, 2.24) is 9.97 Å². The van der Waals surface area contributed by atoms with E-state index < -0.39 is 17.5 Å². The molecule has 35 heavy (non-hydrogen) atoms. The molecule has 0 spiro atoms. The van der Waals surface area contributed by atoms with Crippen LogP contribution in [0.1, 0.15) is 15.2 Å². The van der Waals surface area contributed by atoms with Crippen LogP contribution in [0.5, 0.6) is 5.75 Å². The van der Waals surface area contributed by atoms with Crippen LogP contribution in [0.15, 0.2) is 48.8 Å². The minimum Gasteiger partial charge on any atom is -0.495 e. The Morgan fingerprint density at radius 1 is 1.06 bits per heavy atom. The van der Waals surface area contributed by atoms with Crippen molar-refractivity contribution in [3.63, 3.8) is 0 Å². The third-order valence-electron chi connectivity index (χ3n) is 6.10. The Morgan fingerprint density at radius 3 is 2.54 bits per heavy atom. The number of ether oxygens (including phenoxy) is 1. The van der Waals surface area contributed by atoms with E-state index >= 15 is 0 Å². The maximum atomic E-state index is 14.0. The number of piperazine rings is 1. The molecule has 5 rings (SSSR count). The van der Waals surface area contributed by atoms with Crippen LogP contribution in [0.2, 0.25) is 0 Å². The summed E-state index contributed by atoms with van der Waals surface area (Å²) in [6.07, 6.45) is 1.50. The Hall–Kier alpha value is -3.79. The number of fused-ring (bicyclic) bond motifs is 1. The highest BCUT2D eigenvalue weighted by atomic mass is 32.1. The molecule has 0 bridgehead atoms. The van der Waals surface area contributed by atoms with E-state index in [4.69, 9.17) is 4.74 Å². The van der Waals surface area contributed by atoms with Gasteiger partial charge in [0.2, 0.25) is 0 Å². The number of rotatable bonds is 5. The predicted molar refractivity (Wildman–Crippen MR) is 134 cm³/mol. The SMILES string of the molecule is COc1ccccc1N1CCN(c2ncnc3sc(C(=O)Nc4ccc(F)cc4F)c(C)c23)CC1. The van der Waals surface area contributed by atoms with Crippen LogP contribution in [-0.4, -0.2) is 49.2 Å². The summed E-state index contributed by atoms with van der Waals surface area (Å²) in [5, 5.41) is 3.35. The van der Waals surface area contributed by atoms with Crippen molar-refractivity contribution in [1.29, 1.82) is 0 Å². The van der Waals surface area contributed by atoms with E-state index in [0.717, 1.165) is 66.5 Å². The van der Waals surface area contributed by atoms with Gasteiger partial charge in [-0.25, -0.2) is 18.7 Å². The van der Waals surface area contributed by atoms with E-state index in [1.807, 2.05) is 25.1 Å². The van der Waals surface area contributed by atoms with Crippen LogP contribution in [0.3, 0.4) is 0 Å². The highest BCUT2D eigenvalue weighted by Crippen LogP contribution is 2.36. The summed E-state index contributed by atoms with van der Waals surface area (Å²) in [4.78, 5) is 27.4. The van der Waals surface area contributed by atoms with Gasteiger partial charge in [0.25, 0.3) is 5.91 Å². The van der Waals surface area contributed by atoms with Gasteiger partial charge in [0.15, 0.2) is 0 Å². The quantitative estimate of drug-likeness (QED) is 0.426. The summed E-state index contributed by atoms with van der Waals surface area (Å²) in [6, 6.07) is 11.0. The Morgan fingerprint density at radius 2 is 1.80 bits per heavy atom. The maximum Gasteiger partial charge on any atom is 0.266 e. The molecule has 0 atom stereocenters. The van der Waals surface area contributed by atoms with Crippen LogP contribution >= 0.6 is 11.3 Å². The van der Waals surface area contributed by atoms with Crippen molar-refractivity contribution in [2.45, 2.75) is 6.92 Å². The number of aromatic nitrogens is 2. The first-order valence-electron chi connectivity index (χ1n) is 11.1. The molecule has 1 N–H and O–H groups in total. The van der Waals surface area contributed by atoms with Gasteiger partial charge in [-0.15, -0.1) is 11.3 Å². The predicted octanol–water partition coefficient (Wildman–Crippen LogP) is 4.87. The van der Waals surface area contributed by atoms with Crippen molar-refractivity contribution in [2.24, 2.45) is 0 Å². The number of amides is 1. The molecule has 4 aromatic rings. The number of nitrogens with zero attached hydrogens (tertiary/aromatic N) is 4. The van der Waals surface area contributed by atoms with Crippen molar-refractivity contribution in [2.75, 3.05) is 48.4 Å². The van der Waals surface area contributed by atoms with Gasteiger partial charge in [0, 0.05) is 32.2 Å². The fourth-order valence-corrected chi connectivity index (χ4v) is 5.37. The summed E-state index contributed by atoms with van der Waals surface area (Å²) in [5.74, 6) is -0.388. The first-order chi connectivity index (χ1) is 17.0. The molecular formula is C25H23F2N5O2S. The molecule has 1 saturated heterocycles. The van der Waals surface area contributed by atoms with Crippen LogP contribution in [0.4, 0.5) is 26.0 Å². The van der Waals surface area contributed by atoms with E-state index in [9.17, 15) is 13.6 Å². The number of carbonyl (C=O) groups is 1. The number of aryl methyl sites for hydroxylation is 1. The number of benzene rings is 2. The molecule has 0 saturated carbocycles. The largest absolute Gasteiger partial charge is 0.495 e. The Balaban J connectivity index is 1.39. The average molecular weight is 496 g/mol. The Labute approximate surface area is 205 Å². The fraction of sp³-hybridized carbons (Fsp3) is 0.240. The second kappa shape index (κ2) is 9.46. The van der Waals surface area contributed by atoms with Gasteiger partial charge in [-0.3, -0.25) is 4.79 Å². The van der Waals surface area contributed by atoms with Crippen LogP contribution < -0.4 is 19.9 Å². The van der Waals surface area contributed by atoms with E-state index in [2.05, 4.69) is 31.2 Å². The Kier molecular flexibility index (Phi) is 6.21. The number of methoxy groups -OCH3 is 1. The topological polar surface area (TPSA) is 70.6 Å². The molecule has 3 heterocycles. The third kappa shape index (κ3) is 4.37. The average Bonchev–Trinajstić information content (AvgIpc) is 3.22. The zero-order valence-electron chi connectivity index (χ0n) is 19.2. The van der Waals surface area contributed by atoms with E-state index in [0.29, 0.717) is 9.71 Å². The number of nitrogens with one attached hydrogen (secondary N) is 1. The summed E-state index contributed by atoms with van der Waals surface area (Å²) in [5.41, 5.74) is 1.71. The van der Waals surface area contributed by atoms with E-state index in [1.54, 1.807) is 7.11 Å². The van der Waals surface area contributed by atoms with Gasteiger partial charge in [-0.05, 0) is 36.8 Å². The normalized spacial score (nSPS) is 13.8. The molecule has 2 aromatic carbocycles. The summed E-state index contributed by atoms with van der Waals surface area (Å²) >= 11 is 1.23. The second-order valence-corrected chi connectivity index (χ2v) is 9.16. The minimum absolute atomic E-state index is 0.0768. The molecule has 1 aliphatic heterocycles. The summed E-state index contributed by atoms with van der Waals surface area (Å²) < 4.78 is 32.8. The van der Waals surface area contributed by atoms with Gasteiger partial charge in [0.1, 0.15) is 34.4 Å². The lowest BCUT2D eigenvalue weighted by molar-refractivity contribution is 0.102. The number of thiophene rings is 1. The lowest BCUT2D eigenvalue weighted by Gasteiger charge is -2.37. The van der Waals surface area contributed by atoms with Gasteiger partial charge >= 0.3 is 0 Å². The van der Waals surface area contributed by atoms with Crippen LogP contribution in [0.25, 0.3) is 10.2 Å². The van der Waals surface area contributed by atoms with Crippen molar-refractivity contribution < 1.29 is 18.3 Å². The molecule has 1 aliphatic rings. The number of anilines is 3. The first kappa shape index (κ1) is 23.0. The van der Waals surface area contributed by atoms with Crippen molar-refractivity contribution in [3.8, 4) is 5.75 Å². The van der Waals surface area contributed by atoms with Crippen molar-refractivity contribution >= 4 is 44.7 Å².